The maximum Gasteiger partial charge on any atom is 0.251 e. The number of hydrogen-bond donors (Lipinski definition) is 2. The molecule has 0 bridgehead atoms. The Bertz CT molecular complexity index is 601. The van der Waals surface area contributed by atoms with Crippen molar-refractivity contribution in [2.45, 2.75) is 24.5 Å². The summed E-state index contributed by atoms with van der Waals surface area (Å²) >= 11 is 0. The second kappa shape index (κ2) is 7.51. The first-order valence-corrected chi connectivity index (χ1v) is 7.80. The predicted molar refractivity (Wildman–Crippen MR) is 77.3 cm³/mol. The zero-order chi connectivity index (χ0) is 16.0. The first-order valence-electron chi connectivity index (χ1n) is 6.25. The van der Waals surface area contributed by atoms with Crippen LogP contribution in [0.1, 0.15) is 22.8 Å². The second-order valence-corrected chi connectivity index (χ2v) is 6.09. The molecule has 0 aliphatic heterocycles. The van der Waals surface area contributed by atoms with Gasteiger partial charge in [-0.25, -0.2) is 13.6 Å². The number of amides is 1. The van der Waals surface area contributed by atoms with Crippen molar-refractivity contribution in [1.82, 2.24) is 5.32 Å². The summed E-state index contributed by atoms with van der Waals surface area (Å²) in [5.41, 5.74) is 0.615. The third kappa shape index (κ3) is 5.09. The van der Waals surface area contributed by atoms with Crippen LogP contribution in [0.2, 0.25) is 0 Å². The third-order valence-corrected chi connectivity index (χ3v) is 3.88. The molecule has 0 heterocycles. The number of sulfonamides is 1. The fraction of sp³-hybridized carbons (Fsp3) is 0.462. The van der Waals surface area contributed by atoms with E-state index in [1.54, 1.807) is 6.92 Å². The summed E-state index contributed by atoms with van der Waals surface area (Å²) in [5.74, 6) is -0.396. The van der Waals surface area contributed by atoms with Crippen LogP contribution in [0.5, 0.6) is 0 Å². The minimum absolute atomic E-state index is 0.0916. The number of primary sulfonamides is 1. The minimum atomic E-state index is -3.93. The van der Waals surface area contributed by atoms with Gasteiger partial charge in [-0.1, -0.05) is 6.07 Å². The summed E-state index contributed by atoms with van der Waals surface area (Å²) < 4.78 is 33.1. The average molecular weight is 316 g/mol. The predicted octanol–water partition coefficient (Wildman–Crippen LogP) is 0.245. The van der Waals surface area contributed by atoms with Crippen molar-refractivity contribution in [2.24, 2.45) is 5.14 Å². The largest absolute Gasteiger partial charge is 0.380 e. The number of rotatable bonds is 7. The zero-order valence-corrected chi connectivity index (χ0v) is 13.1. The maximum absolute atomic E-state index is 12.0. The number of carbonyl (C=O) groups is 1. The van der Waals surface area contributed by atoms with E-state index in [2.05, 4.69) is 5.32 Å². The van der Waals surface area contributed by atoms with Crippen molar-refractivity contribution in [3.63, 3.8) is 0 Å². The lowest BCUT2D eigenvalue weighted by Crippen LogP contribution is -2.31. The Balaban J connectivity index is 3.02. The number of ether oxygens (including phenoxy) is 2. The highest BCUT2D eigenvalue weighted by Gasteiger charge is 2.17. The molecule has 118 valence electrons. The highest BCUT2D eigenvalue weighted by atomic mass is 32.2. The first kappa shape index (κ1) is 17.6. The molecule has 0 aromatic heterocycles. The third-order valence-electron chi connectivity index (χ3n) is 2.89. The summed E-state index contributed by atoms with van der Waals surface area (Å²) in [6, 6.07) is 4.28. The first-order chi connectivity index (χ1) is 9.79. The standard InChI is InChI=1S/C13H20N2O5S/c1-9(20-3)7-15-13(16)10-4-5-11(8-19-2)12(6-10)21(14,17)18/h4-6,9H,7-8H2,1-3H3,(H,15,16)(H2,14,17,18). The van der Waals surface area contributed by atoms with Gasteiger partial charge in [0.05, 0.1) is 17.6 Å². The highest BCUT2D eigenvalue weighted by molar-refractivity contribution is 7.89. The van der Waals surface area contributed by atoms with Crippen molar-refractivity contribution in [2.75, 3.05) is 20.8 Å². The molecular formula is C13H20N2O5S. The number of methoxy groups -OCH3 is 2. The highest BCUT2D eigenvalue weighted by Crippen LogP contribution is 2.17. The van der Waals surface area contributed by atoms with Crippen LogP contribution in [0.4, 0.5) is 0 Å². The van der Waals surface area contributed by atoms with Gasteiger partial charge in [-0.15, -0.1) is 0 Å². The Morgan fingerprint density at radius 3 is 2.57 bits per heavy atom. The van der Waals surface area contributed by atoms with Crippen molar-refractivity contribution in [3.8, 4) is 0 Å². The normalized spacial score (nSPS) is 13.0. The molecule has 0 fully saturated rings. The van der Waals surface area contributed by atoms with Crippen LogP contribution < -0.4 is 10.5 Å². The molecule has 0 aliphatic rings. The topological polar surface area (TPSA) is 108 Å². The lowest BCUT2D eigenvalue weighted by molar-refractivity contribution is 0.0870. The van der Waals surface area contributed by atoms with Crippen LogP contribution in [-0.4, -0.2) is 41.2 Å². The van der Waals surface area contributed by atoms with Crippen molar-refractivity contribution >= 4 is 15.9 Å². The molecular weight excluding hydrogens is 296 g/mol. The van der Waals surface area contributed by atoms with E-state index in [0.717, 1.165) is 0 Å². The molecule has 1 amide bonds. The molecule has 1 aromatic rings. The van der Waals surface area contributed by atoms with Crippen LogP contribution >= 0.6 is 0 Å². The zero-order valence-electron chi connectivity index (χ0n) is 12.3. The number of carbonyl (C=O) groups excluding carboxylic acids is 1. The Morgan fingerprint density at radius 2 is 2.05 bits per heavy atom. The van der Waals surface area contributed by atoms with E-state index in [0.29, 0.717) is 12.1 Å². The Kier molecular flexibility index (Phi) is 6.28. The molecule has 0 radical (unpaired) electrons. The van der Waals surface area contributed by atoms with E-state index in [-0.39, 0.29) is 23.2 Å². The van der Waals surface area contributed by atoms with Gasteiger partial charge in [0.2, 0.25) is 10.0 Å². The summed E-state index contributed by atoms with van der Waals surface area (Å²) in [6.45, 7) is 2.21. The van der Waals surface area contributed by atoms with Crippen LogP contribution in [0.3, 0.4) is 0 Å². The van der Waals surface area contributed by atoms with Gasteiger partial charge in [0.1, 0.15) is 0 Å². The van der Waals surface area contributed by atoms with Gasteiger partial charge in [0.25, 0.3) is 5.91 Å². The summed E-state index contributed by atoms with van der Waals surface area (Å²) in [4.78, 5) is 11.9. The molecule has 0 aliphatic carbocycles. The monoisotopic (exact) mass is 316 g/mol. The van der Waals surface area contributed by atoms with E-state index < -0.39 is 15.9 Å². The Labute approximate surface area is 124 Å². The molecule has 21 heavy (non-hydrogen) atoms. The van der Waals surface area contributed by atoms with E-state index >= 15 is 0 Å². The summed E-state index contributed by atoms with van der Waals surface area (Å²) in [7, 11) is -0.951. The van der Waals surface area contributed by atoms with Gasteiger partial charge in [-0.3, -0.25) is 4.79 Å². The number of nitrogens with two attached hydrogens (primary N) is 1. The Hall–Kier alpha value is -1.48. The molecule has 1 atom stereocenters. The molecule has 8 heteroatoms. The molecule has 1 rings (SSSR count). The summed E-state index contributed by atoms with van der Waals surface area (Å²) in [5, 5.41) is 7.81. The smallest absolute Gasteiger partial charge is 0.251 e. The van der Waals surface area contributed by atoms with E-state index in [9.17, 15) is 13.2 Å². The number of nitrogens with one attached hydrogen (secondary N) is 1. The Morgan fingerprint density at radius 1 is 1.38 bits per heavy atom. The SMILES string of the molecule is COCc1ccc(C(=O)NCC(C)OC)cc1S(N)(=O)=O. The molecule has 1 unspecified atom stereocenters. The van der Waals surface area contributed by atoms with E-state index in [1.807, 2.05) is 0 Å². The van der Waals surface area contributed by atoms with E-state index in [4.69, 9.17) is 14.6 Å². The van der Waals surface area contributed by atoms with Crippen LogP contribution in [0, 0.1) is 0 Å². The molecule has 3 N–H and O–H groups in total. The quantitative estimate of drug-likeness (QED) is 0.749. The second-order valence-electron chi connectivity index (χ2n) is 4.56. The van der Waals surface area contributed by atoms with Crippen LogP contribution in [0.25, 0.3) is 0 Å². The van der Waals surface area contributed by atoms with Crippen molar-refractivity contribution in [1.29, 1.82) is 0 Å². The summed E-state index contributed by atoms with van der Waals surface area (Å²) in [6.07, 6.45) is -0.139. The molecule has 0 saturated carbocycles. The van der Waals surface area contributed by atoms with Crippen molar-refractivity contribution in [3.05, 3.63) is 29.3 Å². The number of hydrogen-bond acceptors (Lipinski definition) is 5. The molecule has 0 saturated heterocycles. The maximum atomic E-state index is 12.0. The average Bonchev–Trinajstić information content (AvgIpc) is 2.43. The molecule has 1 aromatic carbocycles. The number of benzene rings is 1. The van der Waals surface area contributed by atoms with Crippen molar-refractivity contribution < 1.29 is 22.7 Å². The van der Waals surface area contributed by atoms with Gasteiger partial charge in [0.15, 0.2) is 0 Å². The van der Waals surface area contributed by atoms with Gasteiger partial charge in [0, 0.05) is 26.3 Å². The molecule has 7 nitrogen and oxygen atoms in total. The van der Waals surface area contributed by atoms with Gasteiger partial charge in [-0.05, 0) is 24.6 Å². The van der Waals surface area contributed by atoms with Crippen LogP contribution in [-0.2, 0) is 26.1 Å². The van der Waals surface area contributed by atoms with Gasteiger partial charge in [-0.2, -0.15) is 0 Å². The fourth-order valence-electron chi connectivity index (χ4n) is 1.66. The van der Waals surface area contributed by atoms with Gasteiger partial charge < -0.3 is 14.8 Å². The fourth-order valence-corrected chi connectivity index (χ4v) is 2.44. The lowest BCUT2D eigenvalue weighted by Gasteiger charge is -2.12. The van der Waals surface area contributed by atoms with Crippen LogP contribution in [0.15, 0.2) is 23.1 Å². The van der Waals surface area contributed by atoms with Gasteiger partial charge >= 0.3 is 0 Å². The molecule has 0 spiro atoms. The lowest BCUT2D eigenvalue weighted by atomic mass is 10.1. The minimum Gasteiger partial charge on any atom is -0.380 e. The van der Waals surface area contributed by atoms with E-state index in [1.165, 1.54) is 32.4 Å².